The van der Waals surface area contributed by atoms with Crippen LogP contribution in [0.2, 0.25) is 0 Å². The van der Waals surface area contributed by atoms with E-state index in [0.29, 0.717) is 19.3 Å². The molecule has 7 heteroatoms. The van der Waals surface area contributed by atoms with E-state index in [1.807, 2.05) is 20.8 Å². The molecule has 0 N–H and O–H groups in total. The zero-order valence-electron chi connectivity index (χ0n) is 25.4. The average molecular weight is 676 g/mol. The molecule has 0 saturated carbocycles. The van der Waals surface area contributed by atoms with Crippen LogP contribution in [0.5, 0.6) is 0 Å². The van der Waals surface area contributed by atoms with Gasteiger partial charge in [0.1, 0.15) is 0 Å². The molecule has 0 aromatic heterocycles. The predicted molar refractivity (Wildman–Crippen MR) is 143 cm³/mol. The molecule has 0 saturated heterocycles. The fourth-order valence-corrected chi connectivity index (χ4v) is 3.57. The second kappa shape index (κ2) is 24.7. The molecular weight excluding hydrogens is 619 g/mol. The summed E-state index contributed by atoms with van der Waals surface area (Å²) >= 11 is 0. The van der Waals surface area contributed by atoms with E-state index in [9.17, 15) is 29.7 Å². The van der Waals surface area contributed by atoms with Gasteiger partial charge >= 0.3 is 38.2 Å². The first-order valence-corrected chi connectivity index (χ1v) is 14.3. The first kappa shape index (κ1) is 43.7. The van der Waals surface area contributed by atoms with E-state index in [4.69, 9.17) is 0 Å². The van der Waals surface area contributed by atoms with Crippen LogP contribution in [0.1, 0.15) is 159 Å². The summed E-state index contributed by atoms with van der Waals surface area (Å²) in [6.07, 6.45) is 14.0. The number of aliphatic carboxylic acids is 3. The van der Waals surface area contributed by atoms with Crippen LogP contribution in [0.4, 0.5) is 0 Å². The number of carboxylic acid groups (broad SMARTS) is 3. The van der Waals surface area contributed by atoms with Crippen molar-refractivity contribution < 1.29 is 67.9 Å². The smallest absolute Gasteiger partial charge is 0.550 e. The minimum atomic E-state index is -0.902. The van der Waals surface area contributed by atoms with Gasteiger partial charge in [-0.2, -0.15) is 0 Å². The van der Waals surface area contributed by atoms with Crippen LogP contribution in [0.15, 0.2) is 0 Å². The predicted octanol–water partition coefficient (Wildman–Crippen LogP) is 5.20. The molecular formula is C30H57DyO6. The number of rotatable bonds is 18. The Bertz CT molecular complexity index is 516. The topological polar surface area (TPSA) is 120 Å². The van der Waals surface area contributed by atoms with Crippen molar-refractivity contribution in [3.05, 3.63) is 0 Å². The van der Waals surface area contributed by atoms with E-state index in [2.05, 4.69) is 20.8 Å². The van der Waals surface area contributed by atoms with E-state index in [-0.39, 0.29) is 38.2 Å². The molecule has 6 nitrogen and oxygen atoms in total. The third-order valence-electron chi connectivity index (χ3n) is 7.82. The minimum absolute atomic E-state index is 0. The van der Waals surface area contributed by atoms with Crippen LogP contribution in [0.25, 0.3) is 0 Å². The summed E-state index contributed by atoms with van der Waals surface area (Å²) in [5, 5.41) is 32.2. The van der Waals surface area contributed by atoms with Crippen LogP contribution in [0, 0.1) is 54.4 Å². The first-order chi connectivity index (χ1) is 16.7. The van der Waals surface area contributed by atoms with Gasteiger partial charge in [-0.05, 0) is 38.5 Å². The summed E-state index contributed by atoms with van der Waals surface area (Å²) in [5.41, 5.74) is -1.81. The fourth-order valence-electron chi connectivity index (χ4n) is 3.57. The molecule has 0 aromatic rings. The van der Waals surface area contributed by atoms with Crippen molar-refractivity contribution in [2.45, 2.75) is 159 Å². The van der Waals surface area contributed by atoms with Crippen LogP contribution in [-0.2, 0) is 14.4 Å². The van der Waals surface area contributed by atoms with Crippen LogP contribution >= 0.6 is 0 Å². The molecule has 0 aliphatic rings. The first-order valence-electron chi connectivity index (χ1n) is 14.3. The Morgan fingerprint density at radius 2 is 0.649 bits per heavy atom. The quantitative estimate of drug-likeness (QED) is 0.184. The van der Waals surface area contributed by atoms with Crippen molar-refractivity contribution in [1.82, 2.24) is 0 Å². The summed E-state index contributed by atoms with van der Waals surface area (Å²) in [4.78, 5) is 32.2. The molecule has 0 heterocycles. The van der Waals surface area contributed by atoms with Gasteiger partial charge in [0, 0.05) is 34.2 Å². The van der Waals surface area contributed by atoms with Gasteiger partial charge in [0.25, 0.3) is 0 Å². The monoisotopic (exact) mass is 677 g/mol. The van der Waals surface area contributed by atoms with Crippen molar-refractivity contribution >= 4 is 17.9 Å². The van der Waals surface area contributed by atoms with Crippen molar-refractivity contribution in [3.8, 4) is 0 Å². The minimum Gasteiger partial charge on any atom is -0.550 e. The Balaban J connectivity index is -0.000000218. The van der Waals surface area contributed by atoms with E-state index < -0.39 is 34.2 Å². The normalized spacial score (nSPS) is 15.2. The van der Waals surface area contributed by atoms with Gasteiger partial charge in [0.2, 0.25) is 0 Å². The van der Waals surface area contributed by atoms with E-state index in [0.717, 1.165) is 77.0 Å². The Kier molecular flexibility index (Phi) is 29.2. The molecule has 223 valence electrons. The van der Waals surface area contributed by atoms with Crippen LogP contribution in [-0.4, -0.2) is 17.9 Å². The maximum atomic E-state index is 10.7. The van der Waals surface area contributed by atoms with Crippen molar-refractivity contribution in [3.63, 3.8) is 0 Å². The fraction of sp³-hybridized carbons (Fsp3) is 0.900. The van der Waals surface area contributed by atoms with Gasteiger partial charge in [0.05, 0.1) is 0 Å². The molecule has 1 radical (unpaired) electrons. The van der Waals surface area contributed by atoms with Gasteiger partial charge in [-0.25, -0.2) is 0 Å². The van der Waals surface area contributed by atoms with Crippen LogP contribution < -0.4 is 15.3 Å². The zero-order chi connectivity index (χ0) is 28.8. The molecule has 0 spiro atoms. The van der Waals surface area contributed by atoms with E-state index in [1.165, 1.54) is 0 Å². The van der Waals surface area contributed by atoms with Gasteiger partial charge in [0.15, 0.2) is 0 Å². The molecule has 37 heavy (non-hydrogen) atoms. The molecule has 3 unspecified atom stereocenters. The Morgan fingerprint density at radius 3 is 0.757 bits per heavy atom. The molecule has 0 rings (SSSR count). The second-order valence-corrected chi connectivity index (χ2v) is 11.0. The molecule has 0 aliphatic heterocycles. The van der Waals surface area contributed by atoms with Gasteiger partial charge < -0.3 is 29.7 Å². The Morgan fingerprint density at radius 1 is 0.459 bits per heavy atom. The van der Waals surface area contributed by atoms with Crippen molar-refractivity contribution in [2.75, 3.05) is 0 Å². The SMILES string of the molecule is CCCCCC(C)(CC)C(=O)[O-].CCCCCC(C)(CC)C(=O)[O-].CCCCCC(C)(CC)C(=O)[O-].[Dy+3]. The van der Waals surface area contributed by atoms with Crippen LogP contribution in [0.3, 0.4) is 0 Å². The van der Waals surface area contributed by atoms with E-state index in [1.54, 1.807) is 20.8 Å². The summed E-state index contributed by atoms with van der Waals surface area (Å²) in [6, 6.07) is 0. The number of carbonyl (C=O) groups excluding carboxylic acids is 3. The molecule has 0 bridgehead atoms. The standard InChI is InChI=1S/3C10H20O2.Dy/c3*1-4-6-7-8-10(3,5-2)9(11)12;/h3*4-8H2,1-3H3,(H,11,12);/q;;;+3/p-3. The molecule has 0 fully saturated rings. The number of unbranched alkanes of at least 4 members (excludes halogenated alkanes) is 6. The number of hydrogen-bond acceptors (Lipinski definition) is 6. The van der Waals surface area contributed by atoms with Crippen molar-refractivity contribution in [2.24, 2.45) is 16.2 Å². The van der Waals surface area contributed by atoms with Gasteiger partial charge in [-0.3, -0.25) is 0 Å². The maximum absolute atomic E-state index is 10.7. The number of carbonyl (C=O) groups is 3. The average Bonchev–Trinajstić information content (AvgIpc) is 2.84. The Hall–Kier alpha value is -0.317. The maximum Gasteiger partial charge on any atom is 3.00 e. The molecule has 0 aromatic carbocycles. The van der Waals surface area contributed by atoms with E-state index >= 15 is 0 Å². The summed E-state index contributed by atoms with van der Waals surface area (Å²) in [5.74, 6) is -2.71. The number of hydrogen-bond donors (Lipinski definition) is 0. The summed E-state index contributed by atoms with van der Waals surface area (Å²) < 4.78 is 0. The van der Waals surface area contributed by atoms with Gasteiger partial charge in [-0.15, -0.1) is 0 Å². The number of carboxylic acids is 3. The summed E-state index contributed by atoms with van der Waals surface area (Å²) in [7, 11) is 0. The van der Waals surface area contributed by atoms with Gasteiger partial charge in [-0.1, -0.05) is 120 Å². The largest absolute Gasteiger partial charge is 3.00 e. The third kappa shape index (κ3) is 20.3. The molecule has 0 aliphatic carbocycles. The molecule has 3 atom stereocenters. The Labute approximate surface area is 259 Å². The van der Waals surface area contributed by atoms with Crippen molar-refractivity contribution in [1.29, 1.82) is 0 Å². The second-order valence-electron chi connectivity index (χ2n) is 11.0. The molecule has 0 amide bonds. The third-order valence-corrected chi connectivity index (χ3v) is 7.82. The zero-order valence-corrected chi connectivity index (χ0v) is 27.4. The summed E-state index contributed by atoms with van der Waals surface area (Å²) in [6.45, 7) is 17.4.